The molecule has 0 spiro atoms. The second-order valence-corrected chi connectivity index (χ2v) is 2.57. The van der Waals surface area contributed by atoms with Crippen LogP contribution in [-0.2, 0) is 4.79 Å². The number of hydrogen-bond donors (Lipinski definition) is 4. The molecule has 0 saturated carbocycles. The Bertz CT molecular complexity index is 177. The third kappa shape index (κ3) is 3.77. The Labute approximate surface area is 72.3 Å². The maximum Gasteiger partial charge on any atom is 0.327 e. The molecule has 0 aliphatic heterocycles. The molecule has 4 nitrogen and oxygen atoms in total. The maximum atomic E-state index is 10.5. The molecule has 0 aliphatic rings. The quantitative estimate of drug-likeness (QED) is 0.448. The Balaban J connectivity index is 4.12. The standard InChI is InChI=1S/C6H12N2O2S/c1-4(11)5(6(9)10)8-3-2-7/h2-5,8,11H,7H2,1H3,(H,9,10)/t4?,5-/m1/s1/i1D. The van der Waals surface area contributed by atoms with E-state index in [0.717, 1.165) is 0 Å². The number of carboxylic acid groups (broad SMARTS) is 1. The molecule has 0 rings (SSSR count). The van der Waals surface area contributed by atoms with Gasteiger partial charge in [-0.25, -0.2) is 4.79 Å². The summed E-state index contributed by atoms with van der Waals surface area (Å²) in [5, 5.41) is 10.6. The van der Waals surface area contributed by atoms with Crippen LogP contribution in [0.3, 0.4) is 0 Å². The van der Waals surface area contributed by atoms with E-state index < -0.39 is 17.3 Å². The second kappa shape index (κ2) is 4.90. The molecule has 0 saturated heterocycles. The SMILES string of the molecule is [2H]CC(S)[C@@H](NC=CN)C(=O)O. The van der Waals surface area contributed by atoms with Crippen molar-refractivity contribution in [2.45, 2.75) is 18.2 Å². The third-order valence-electron chi connectivity index (χ3n) is 1.02. The van der Waals surface area contributed by atoms with Crippen LogP contribution in [0.5, 0.6) is 0 Å². The van der Waals surface area contributed by atoms with Gasteiger partial charge in [0.15, 0.2) is 0 Å². The lowest BCUT2D eigenvalue weighted by Crippen LogP contribution is -2.39. The van der Waals surface area contributed by atoms with Crippen LogP contribution in [0.25, 0.3) is 0 Å². The number of carbonyl (C=O) groups is 1. The highest BCUT2D eigenvalue weighted by atomic mass is 32.1. The first-order valence-electron chi connectivity index (χ1n) is 3.67. The Morgan fingerprint density at radius 2 is 2.64 bits per heavy atom. The highest BCUT2D eigenvalue weighted by Crippen LogP contribution is 2.00. The zero-order valence-electron chi connectivity index (χ0n) is 6.90. The number of hydrogen-bond acceptors (Lipinski definition) is 4. The van der Waals surface area contributed by atoms with Gasteiger partial charge in [-0.05, 0) is 0 Å². The molecule has 4 N–H and O–H groups in total. The van der Waals surface area contributed by atoms with E-state index in [2.05, 4.69) is 17.9 Å². The predicted octanol–water partition coefficient (Wildman–Crippen LogP) is -0.223. The van der Waals surface area contributed by atoms with Crippen molar-refractivity contribution in [3.8, 4) is 0 Å². The molecule has 64 valence electrons. The number of rotatable bonds is 4. The molecule has 0 heterocycles. The van der Waals surface area contributed by atoms with Gasteiger partial charge in [-0.15, -0.1) is 0 Å². The van der Waals surface area contributed by atoms with Gasteiger partial charge in [0.1, 0.15) is 6.04 Å². The van der Waals surface area contributed by atoms with Crippen molar-refractivity contribution < 1.29 is 11.3 Å². The largest absolute Gasteiger partial charge is 0.480 e. The molecule has 5 heteroatoms. The summed E-state index contributed by atoms with van der Waals surface area (Å²) in [5.74, 6) is -1.04. The van der Waals surface area contributed by atoms with Crippen LogP contribution >= 0.6 is 12.6 Å². The molecular weight excluding hydrogens is 164 g/mol. The van der Waals surface area contributed by atoms with Crippen LogP contribution in [0.2, 0.25) is 0 Å². The third-order valence-corrected chi connectivity index (χ3v) is 1.32. The number of thiol groups is 1. The first-order chi connectivity index (χ1) is 5.63. The minimum Gasteiger partial charge on any atom is -0.480 e. The van der Waals surface area contributed by atoms with Crippen LogP contribution in [0.15, 0.2) is 12.4 Å². The van der Waals surface area contributed by atoms with Crippen molar-refractivity contribution in [1.82, 2.24) is 5.32 Å². The van der Waals surface area contributed by atoms with Gasteiger partial charge in [0.25, 0.3) is 0 Å². The van der Waals surface area contributed by atoms with Crippen LogP contribution in [-0.4, -0.2) is 22.4 Å². The zero-order chi connectivity index (χ0) is 9.56. The first kappa shape index (κ1) is 8.26. The molecule has 2 atom stereocenters. The van der Waals surface area contributed by atoms with Crippen LogP contribution < -0.4 is 11.1 Å². The van der Waals surface area contributed by atoms with Gasteiger partial charge in [-0.1, -0.05) is 6.90 Å². The van der Waals surface area contributed by atoms with Crippen LogP contribution in [0.1, 0.15) is 8.27 Å². The smallest absolute Gasteiger partial charge is 0.327 e. The lowest BCUT2D eigenvalue weighted by Gasteiger charge is -2.14. The number of carboxylic acids is 1. The Kier molecular flexibility index (Phi) is 3.68. The molecule has 0 amide bonds. The van der Waals surface area contributed by atoms with E-state index in [1.165, 1.54) is 12.4 Å². The Morgan fingerprint density at radius 1 is 2.00 bits per heavy atom. The van der Waals surface area contributed by atoms with E-state index in [4.69, 9.17) is 12.2 Å². The van der Waals surface area contributed by atoms with Gasteiger partial charge in [0.2, 0.25) is 0 Å². The van der Waals surface area contributed by atoms with Crippen LogP contribution in [0.4, 0.5) is 0 Å². The average Bonchev–Trinajstić information content (AvgIpc) is 2.04. The summed E-state index contributed by atoms with van der Waals surface area (Å²) >= 11 is 3.93. The van der Waals surface area contributed by atoms with E-state index in [9.17, 15) is 4.79 Å². The minimum atomic E-state index is -1.04. The number of nitrogens with one attached hydrogen (secondary N) is 1. The predicted molar refractivity (Wildman–Crippen MR) is 46.3 cm³/mol. The lowest BCUT2D eigenvalue weighted by atomic mass is 10.2. The van der Waals surface area contributed by atoms with E-state index in [1.54, 1.807) is 0 Å². The summed E-state index contributed by atoms with van der Waals surface area (Å²) in [5.41, 5.74) is 5.01. The molecule has 11 heavy (non-hydrogen) atoms. The summed E-state index contributed by atoms with van der Waals surface area (Å²) in [4.78, 5) is 10.5. The summed E-state index contributed by atoms with van der Waals surface area (Å²) in [7, 11) is 0. The van der Waals surface area contributed by atoms with Crippen molar-refractivity contribution in [3.05, 3.63) is 12.4 Å². The normalized spacial score (nSPS) is 17.4. The fraction of sp³-hybridized carbons (Fsp3) is 0.500. The van der Waals surface area contributed by atoms with Gasteiger partial charge in [0.05, 0.1) is 0 Å². The number of aliphatic carboxylic acids is 1. The monoisotopic (exact) mass is 177 g/mol. The molecule has 0 aromatic heterocycles. The van der Waals surface area contributed by atoms with Crippen molar-refractivity contribution in [2.24, 2.45) is 5.73 Å². The lowest BCUT2D eigenvalue weighted by molar-refractivity contribution is -0.139. The van der Waals surface area contributed by atoms with E-state index in [-0.39, 0.29) is 6.90 Å². The molecule has 0 fully saturated rings. The summed E-state index contributed by atoms with van der Waals surface area (Å²) in [6.07, 6.45) is 2.51. The molecule has 1 unspecified atom stereocenters. The Morgan fingerprint density at radius 3 is 3.00 bits per heavy atom. The van der Waals surface area contributed by atoms with Gasteiger partial charge in [-0.2, -0.15) is 12.6 Å². The first-order valence-corrected chi connectivity index (χ1v) is 3.48. The van der Waals surface area contributed by atoms with Crippen LogP contribution in [0, 0.1) is 0 Å². The fourth-order valence-electron chi connectivity index (χ4n) is 0.506. The second-order valence-electron chi connectivity index (χ2n) is 1.91. The number of nitrogens with two attached hydrogens (primary N) is 1. The van der Waals surface area contributed by atoms with Crippen molar-refractivity contribution in [2.75, 3.05) is 0 Å². The van der Waals surface area contributed by atoms with Crippen molar-refractivity contribution >= 4 is 18.6 Å². The van der Waals surface area contributed by atoms with Crippen molar-refractivity contribution in [1.29, 1.82) is 0 Å². The highest BCUT2D eigenvalue weighted by Gasteiger charge is 2.19. The fourth-order valence-corrected chi connectivity index (χ4v) is 0.720. The average molecular weight is 177 g/mol. The molecule has 0 radical (unpaired) electrons. The maximum absolute atomic E-state index is 10.5. The van der Waals surface area contributed by atoms with Gasteiger partial charge < -0.3 is 16.2 Å². The van der Waals surface area contributed by atoms with Crippen molar-refractivity contribution in [3.63, 3.8) is 0 Å². The highest BCUT2D eigenvalue weighted by molar-refractivity contribution is 7.81. The van der Waals surface area contributed by atoms with Gasteiger partial charge in [-0.3, -0.25) is 0 Å². The molecule has 0 aromatic carbocycles. The zero-order valence-corrected chi connectivity index (χ0v) is 6.79. The summed E-state index contributed by atoms with van der Waals surface area (Å²) < 4.78 is 6.93. The Hall–Kier alpha value is -0.840. The van der Waals surface area contributed by atoms with E-state index in [0.29, 0.717) is 0 Å². The minimum absolute atomic E-state index is 0.0640. The topological polar surface area (TPSA) is 75.3 Å². The summed E-state index contributed by atoms with van der Waals surface area (Å²) in [6, 6.07) is -0.870. The van der Waals surface area contributed by atoms with E-state index in [1.807, 2.05) is 0 Å². The molecule has 0 aliphatic carbocycles. The van der Waals surface area contributed by atoms with Gasteiger partial charge in [0, 0.05) is 19.0 Å². The van der Waals surface area contributed by atoms with Gasteiger partial charge >= 0.3 is 5.97 Å². The molecular formula is C6H12N2O2S. The summed E-state index contributed by atoms with van der Waals surface area (Å²) in [6.45, 7) is -0.0640. The molecule has 0 bridgehead atoms. The molecule has 0 aromatic rings. The van der Waals surface area contributed by atoms with E-state index >= 15 is 0 Å².